The molecule has 1 N–H and O–H groups in total. The summed E-state index contributed by atoms with van der Waals surface area (Å²) < 4.78 is 10.2. The number of nitrogens with one attached hydrogen (secondary N) is 1. The minimum Gasteiger partial charge on any atom is -0.468 e. The predicted octanol–water partition coefficient (Wildman–Crippen LogP) is 2.54. The number of amides is 3. The van der Waals surface area contributed by atoms with Gasteiger partial charge in [0.2, 0.25) is 0 Å². The van der Waals surface area contributed by atoms with Crippen molar-refractivity contribution in [1.29, 1.82) is 0 Å². The van der Waals surface area contributed by atoms with Gasteiger partial charge in [-0.05, 0) is 35.9 Å². The van der Waals surface area contributed by atoms with Crippen LogP contribution >= 0.6 is 0 Å². The monoisotopic (exact) mass is 352 g/mol. The highest BCUT2D eigenvalue weighted by Crippen LogP contribution is 2.23. The summed E-state index contributed by atoms with van der Waals surface area (Å²) in [5.74, 6) is 0.0170. The van der Waals surface area contributed by atoms with Crippen LogP contribution in [0.25, 0.3) is 6.08 Å². The Hall–Kier alpha value is -3.61. The van der Waals surface area contributed by atoms with E-state index in [2.05, 4.69) is 10.1 Å². The second kappa shape index (κ2) is 7.52. The van der Waals surface area contributed by atoms with Gasteiger partial charge in [0.25, 0.3) is 5.91 Å². The molecule has 0 unspecified atom stereocenters. The average molecular weight is 352 g/mol. The molecule has 26 heavy (non-hydrogen) atoms. The zero-order chi connectivity index (χ0) is 18.5. The lowest BCUT2D eigenvalue weighted by atomic mass is 10.2. The Balaban J connectivity index is 1.77. The second-order valence-corrected chi connectivity index (χ2v) is 5.44. The van der Waals surface area contributed by atoms with Crippen molar-refractivity contribution in [2.75, 3.05) is 13.7 Å². The number of benzene rings is 2. The van der Waals surface area contributed by atoms with Crippen molar-refractivity contribution in [1.82, 2.24) is 10.2 Å². The first kappa shape index (κ1) is 17.2. The molecule has 1 fully saturated rings. The van der Waals surface area contributed by atoms with E-state index >= 15 is 0 Å². The zero-order valence-electron chi connectivity index (χ0n) is 14.0. The Labute approximate surface area is 149 Å². The molecule has 2 aromatic rings. The maximum atomic E-state index is 12.3. The molecule has 3 amide bonds. The largest absolute Gasteiger partial charge is 0.468 e. The fourth-order valence-corrected chi connectivity index (χ4v) is 2.37. The topological polar surface area (TPSA) is 84.9 Å². The van der Waals surface area contributed by atoms with E-state index in [4.69, 9.17) is 4.74 Å². The van der Waals surface area contributed by atoms with Crippen LogP contribution in [-0.2, 0) is 14.3 Å². The lowest BCUT2D eigenvalue weighted by Crippen LogP contribution is -2.36. The average Bonchev–Trinajstić information content (AvgIpc) is 2.90. The van der Waals surface area contributed by atoms with Crippen LogP contribution in [0.15, 0.2) is 60.3 Å². The molecule has 7 heteroatoms. The number of carbonyl (C=O) groups excluding carboxylic acids is 3. The van der Waals surface area contributed by atoms with Crippen molar-refractivity contribution < 1.29 is 23.9 Å². The smallest absolute Gasteiger partial charge is 0.329 e. The van der Waals surface area contributed by atoms with E-state index in [0.29, 0.717) is 17.1 Å². The highest BCUT2D eigenvalue weighted by atomic mass is 16.5. The van der Waals surface area contributed by atoms with E-state index in [1.165, 1.54) is 13.2 Å². The molecule has 0 radical (unpaired) electrons. The predicted molar refractivity (Wildman–Crippen MR) is 93.2 cm³/mol. The Kier molecular flexibility index (Phi) is 4.98. The number of methoxy groups -OCH3 is 1. The first-order valence-electron chi connectivity index (χ1n) is 7.81. The Morgan fingerprint density at radius 2 is 1.81 bits per heavy atom. The number of esters is 1. The fraction of sp³-hybridized carbons (Fsp3) is 0.105. The summed E-state index contributed by atoms with van der Waals surface area (Å²) in [6, 6.07) is 15.7. The van der Waals surface area contributed by atoms with Crippen LogP contribution in [0.3, 0.4) is 0 Å². The van der Waals surface area contributed by atoms with E-state index in [9.17, 15) is 14.4 Å². The molecule has 132 valence electrons. The van der Waals surface area contributed by atoms with E-state index in [1.54, 1.807) is 24.3 Å². The first-order valence-corrected chi connectivity index (χ1v) is 7.81. The van der Waals surface area contributed by atoms with Crippen molar-refractivity contribution in [3.8, 4) is 11.5 Å². The van der Waals surface area contributed by atoms with Gasteiger partial charge in [0, 0.05) is 0 Å². The summed E-state index contributed by atoms with van der Waals surface area (Å²) in [4.78, 5) is 36.3. The van der Waals surface area contributed by atoms with Crippen LogP contribution in [0.1, 0.15) is 5.56 Å². The first-order chi connectivity index (χ1) is 12.6. The quantitative estimate of drug-likeness (QED) is 0.508. The van der Waals surface area contributed by atoms with Crippen LogP contribution in [0.2, 0.25) is 0 Å². The molecule has 0 atom stereocenters. The third kappa shape index (κ3) is 3.89. The van der Waals surface area contributed by atoms with E-state index in [0.717, 1.165) is 4.90 Å². The van der Waals surface area contributed by atoms with Gasteiger partial charge in [0.15, 0.2) is 0 Å². The van der Waals surface area contributed by atoms with Crippen molar-refractivity contribution in [3.05, 3.63) is 65.9 Å². The Bertz CT molecular complexity index is 877. The molecule has 1 saturated heterocycles. The molecular weight excluding hydrogens is 336 g/mol. The molecule has 2 aromatic carbocycles. The second-order valence-electron chi connectivity index (χ2n) is 5.44. The van der Waals surface area contributed by atoms with Crippen molar-refractivity contribution in [2.24, 2.45) is 0 Å². The molecule has 1 heterocycles. The lowest BCUT2D eigenvalue weighted by Gasteiger charge is -2.09. The highest BCUT2D eigenvalue weighted by Gasteiger charge is 2.35. The molecule has 3 rings (SSSR count). The van der Waals surface area contributed by atoms with Crippen LogP contribution < -0.4 is 10.1 Å². The summed E-state index contributed by atoms with van der Waals surface area (Å²) in [7, 11) is 1.19. The number of carbonyl (C=O) groups is 3. The number of hydrogen-bond donors (Lipinski definition) is 1. The van der Waals surface area contributed by atoms with Gasteiger partial charge in [-0.2, -0.15) is 0 Å². The normalized spacial score (nSPS) is 15.1. The molecule has 0 spiro atoms. The highest BCUT2D eigenvalue weighted by molar-refractivity contribution is 6.15. The van der Waals surface area contributed by atoms with E-state index in [1.807, 2.05) is 30.3 Å². The number of rotatable bonds is 5. The summed E-state index contributed by atoms with van der Waals surface area (Å²) in [5.41, 5.74) is 0.748. The summed E-state index contributed by atoms with van der Waals surface area (Å²) >= 11 is 0. The summed E-state index contributed by atoms with van der Waals surface area (Å²) in [6.45, 7) is -0.435. The molecule has 1 aliphatic heterocycles. The third-order valence-corrected chi connectivity index (χ3v) is 3.63. The molecule has 7 nitrogen and oxygen atoms in total. The SMILES string of the molecule is COC(=O)CN1C(=O)NC(=Cc2cccc(Oc3ccccc3)c2)C1=O. The zero-order valence-corrected chi connectivity index (χ0v) is 14.0. The molecule has 0 saturated carbocycles. The van der Waals surface area contributed by atoms with Gasteiger partial charge in [-0.3, -0.25) is 9.59 Å². The number of para-hydroxylation sites is 1. The number of imide groups is 1. The number of ether oxygens (including phenoxy) is 2. The fourth-order valence-electron chi connectivity index (χ4n) is 2.37. The van der Waals surface area contributed by atoms with Crippen molar-refractivity contribution in [3.63, 3.8) is 0 Å². The molecule has 0 bridgehead atoms. The molecule has 1 aliphatic rings. The Morgan fingerprint density at radius 1 is 1.08 bits per heavy atom. The standard InChI is InChI=1S/C19H16N2O5/c1-25-17(22)12-21-18(23)16(20-19(21)24)11-13-6-5-9-15(10-13)26-14-7-3-2-4-8-14/h2-11H,12H2,1H3,(H,20,24). The van der Waals surface area contributed by atoms with Gasteiger partial charge in [-0.1, -0.05) is 30.3 Å². The van der Waals surface area contributed by atoms with Crippen LogP contribution in [0.5, 0.6) is 11.5 Å². The summed E-state index contributed by atoms with van der Waals surface area (Å²) in [6.07, 6.45) is 1.52. The van der Waals surface area contributed by atoms with E-state index in [-0.39, 0.29) is 5.70 Å². The maximum Gasteiger partial charge on any atom is 0.329 e. The van der Waals surface area contributed by atoms with Gasteiger partial charge in [-0.25, -0.2) is 9.69 Å². The molecular formula is C19H16N2O5. The maximum absolute atomic E-state index is 12.3. The number of hydrogen-bond acceptors (Lipinski definition) is 5. The van der Waals surface area contributed by atoms with Gasteiger partial charge < -0.3 is 14.8 Å². The van der Waals surface area contributed by atoms with Gasteiger partial charge in [0.05, 0.1) is 7.11 Å². The molecule has 0 aliphatic carbocycles. The minimum absolute atomic E-state index is 0.0794. The van der Waals surface area contributed by atoms with Crippen molar-refractivity contribution in [2.45, 2.75) is 0 Å². The van der Waals surface area contributed by atoms with Gasteiger partial charge in [-0.15, -0.1) is 0 Å². The van der Waals surface area contributed by atoms with Crippen LogP contribution in [-0.4, -0.2) is 36.5 Å². The number of urea groups is 1. The number of nitrogens with zero attached hydrogens (tertiary/aromatic N) is 1. The minimum atomic E-state index is -0.673. The summed E-state index contributed by atoms with van der Waals surface area (Å²) in [5, 5.41) is 2.45. The lowest BCUT2D eigenvalue weighted by molar-refractivity contribution is -0.143. The van der Waals surface area contributed by atoms with Crippen molar-refractivity contribution >= 4 is 24.0 Å². The van der Waals surface area contributed by atoms with Gasteiger partial charge in [0.1, 0.15) is 23.7 Å². The van der Waals surface area contributed by atoms with Gasteiger partial charge >= 0.3 is 12.0 Å². The van der Waals surface area contributed by atoms with E-state index < -0.39 is 24.5 Å². The van der Waals surface area contributed by atoms with Crippen LogP contribution in [0, 0.1) is 0 Å². The third-order valence-electron chi connectivity index (χ3n) is 3.63. The Morgan fingerprint density at radius 3 is 2.54 bits per heavy atom. The molecule has 0 aromatic heterocycles. The van der Waals surface area contributed by atoms with Crippen LogP contribution in [0.4, 0.5) is 4.79 Å².